The highest BCUT2D eigenvalue weighted by Crippen LogP contribution is 2.18. The molecule has 2 aromatic heterocycles. The molecule has 0 aliphatic rings. The Bertz CT molecular complexity index is 463. The Kier molecular flexibility index (Phi) is 3.58. The van der Waals surface area contributed by atoms with Gasteiger partial charge in [-0.05, 0) is 6.92 Å². The Morgan fingerprint density at radius 1 is 1.50 bits per heavy atom. The molecule has 0 aliphatic carbocycles. The quantitative estimate of drug-likeness (QED) is 0.911. The van der Waals surface area contributed by atoms with E-state index in [2.05, 4.69) is 15.4 Å². The van der Waals surface area contributed by atoms with E-state index in [0.29, 0.717) is 5.15 Å². The van der Waals surface area contributed by atoms with Gasteiger partial charge in [0.15, 0.2) is 0 Å². The van der Waals surface area contributed by atoms with Gasteiger partial charge in [-0.15, -0.1) is 11.3 Å². The summed E-state index contributed by atoms with van der Waals surface area (Å²) in [4.78, 5) is 4.20. The maximum absolute atomic E-state index is 6.12. The Hall–Kier alpha value is -0.910. The fraction of sp³-hybridized carbons (Fsp3) is 0.400. The summed E-state index contributed by atoms with van der Waals surface area (Å²) in [6, 6.07) is 0. The molecule has 2 aromatic rings. The minimum absolute atomic E-state index is 0.697. The Morgan fingerprint density at radius 2 is 2.31 bits per heavy atom. The van der Waals surface area contributed by atoms with Crippen molar-refractivity contribution in [3.05, 3.63) is 33.0 Å². The lowest BCUT2D eigenvalue weighted by molar-refractivity contribution is 0.680. The van der Waals surface area contributed by atoms with E-state index in [4.69, 9.17) is 11.6 Å². The zero-order valence-electron chi connectivity index (χ0n) is 9.20. The van der Waals surface area contributed by atoms with E-state index in [9.17, 15) is 0 Å². The third-order valence-electron chi connectivity index (χ3n) is 2.36. The standard InChI is InChI=1S/C10H13ClN4S/c1-7-9(10(11)15(2)14-7)4-12-3-8-5-16-6-13-8/h5-6,12H,3-4H2,1-2H3. The number of aromatic nitrogens is 3. The topological polar surface area (TPSA) is 42.7 Å². The van der Waals surface area contributed by atoms with Crippen LogP contribution >= 0.6 is 22.9 Å². The Balaban J connectivity index is 1.95. The van der Waals surface area contributed by atoms with E-state index in [1.807, 2.05) is 24.9 Å². The average molecular weight is 257 g/mol. The van der Waals surface area contributed by atoms with Crippen molar-refractivity contribution in [1.82, 2.24) is 20.1 Å². The molecule has 2 rings (SSSR count). The molecule has 6 heteroatoms. The Labute approximate surface area is 103 Å². The number of hydrogen-bond acceptors (Lipinski definition) is 4. The summed E-state index contributed by atoms with van der Waals surface area (Å²) < 4.78 is 1.69. The van der Waals surface area contributed by atoms with E-state index >= 15 is 0 Å². The van der Waals surface area contributed by atoms with E-state index in [-0.39, 0.29) is 0 Å². The van der Waals surface area contributed by atoms with Crippen LogP contribution in [0.15, 0.2) is 10.9 Å². The van der Waals surface area contributed by atoms with Crippen LogP contribution in [0.3, 0.4) is 0 Å². The average Bonchev–Trinajstić information content (AvgIpc) is 2.82. The van der Waals surface area contributed by atoms with Crippen molar-refractivity contribution < 1.29 is 0 Å². The van der Waals surface area contributed by atoms with Crippen LogP contribution in [0.2, 0.25) is 5.15 Å². The molecule has 0 atom stereocenters. The normalized spacial score (nSPS) is 10.9. The van der Waals surface area contributed by atoms with Crippen LogP contribution in [0, 0.1) is 6.92 Å². The first kappa shape index (κ1) is 11.6. The second-order valence-corrected chi connectivity index (χ2v) is 4.64. The van der Waals surface area contributed by atoms with E-state index in [1.165, 1.54) is 0 Å². The minimum Gasteiger partial charge on any atom is -0.307 e. The molecular formula is C10H13ClN4S. The number of nitrogens with zero attached hydrogens (tertiary/aromatic N) is 3. The summed E-state index contributed by atoms with van der Waals surface area (Å²) in [5.74, 6) is 0. The summed E-state index contributed by atoms with van der Waals surface area (Å²) in [5, 5.41) is 10.3. The second kappa shape index (κ2) is 4.95. The lowest BCUT2D eigenvalue weighted by atomic mass is 10.2. The molecular weight excluding hydrogens is 244 g/mol. The second-order valence-electron chi connectivity index (χ2n) is 3.56. The molecule has 0 radical (unpaired) electrons. The zero-order chi connectivity index (χ0) is 11.5. The Morgan fingerprint density at radius 3 is 2.88 bits per heavy atom. The lowest BCUT2D eigenvalue weighted by Gasteiger charge is -2.02. The summed E-state index contributed by atoms with van der Waals surface area (Å²) in [7, 11) is 1.85. The fourth-order valence-corrected chi connectivity index (χ4v) is 2.31. The third-order valence-corrected chi connectivity index (χ3v) is 3.47. The molecule has 0 aliphatic heterocycles. The van der Waals surface area contributed by atoms with Crippen molar-refractivity contribution in [1.29, 1.82) is 0 Å². The summed E-state index contributed by atoms with van der Waals surface area (Å²) >= 11 is 7.72. The van der Waals surface area contributed by atoms with Crippen LogP contribution in [-0.4, -0.2) is 14.8 Å². The van der Waals surface area contributed by atoms with Crippen molar-refractivity contribution in [3.63, 3.8) is 0 Å². The maximum atomic E-state index is 6.12. The monoisotopic (exact) mass is 256 g/mol. The molecule has 0 spiro atoms. The minimum atomic E-state index is 0.697. The van der Waals surface area contributed by atoms with Gasteiger partial charge in [-0.1, -0.05) is 11.6 Å². The zero-order valence-corrected chi connectivity index (χ0v) is 10.8. The van der Waals surface area contributed by atoms with Crippen molar-refractivity contribution in [3.8, 4) is 0 Å². The van der Waals surface area contributed by atoms with Gasteiger partial charge < -0.3 is 5.32 Å². The van der Waals surface area contributed by atoms with Crippen LogP contribution < -0.4 is 5.32 Å². The highest BCUT2D eigenvalue weighted by atomic mass is 35.5. The smallest absolute Gasteiger partial charge is 0.131 e. The predicted octanol–water partition coefficient (Wildman–Crippen LogP) is 2.13. The van der Waals surface area contributed by atoms with E-state index in [1.54, 1.807) is 16.0 Å². The molecule has 86 valence electrons. The van der Waals surface area contributed by atoms with Gasteiger partial charge in [0.2, 0.25) is 0 Å². The first-order chi connectivity index (χ1) is 7.68. The maximum Gasteiger partial charge on any atom is 0.131 e. The fourth-order valence-electron chi connectivity index (χ4n) is 1.52. The van der Waals surface area contributed by atoms with Gasteiger partial charge in [0.1, 0.15) is 5.15 Å². The van der Waals surface area contributed by atoms with Crippen LogP contribution in [0.5, 0.6) is 0 Å². The highest BCUT2D eigenvalue weighted by Gasteiger charge is 2.10. The predicted molar refractivity (Wildman–Crippen MR) is 65.6 cm³/mol. The van der Waals surface area contributed by atoms with E-state index in [0.717, 1.165) is 30.0 Å². The molecule has 0 fully saturated rings. The van der Waals surface area contributed by atoms with Gasteiger partial charge in [0.25, 0.3) is 0 Å². The van der Waals surface area contributed by atoms with Crippen molar-refractivity contribution >= 4 is 22.9 Å². The van der Waals surface area contributed by atoms with Gasteiger partial charge in [-0.2, -0.15) is 5.10 Å². The summed E-state index contributed by atoms with van der Waals surface area (Å²) in [6.07, 6.45) is 0. The molecule has 0 saturated heterocycles. The molecule has 0 aromatic carbocycles. The molecule has 0 amide bonds. The van der Waals surface area contributed by atoms with Gasteiger partial charge in [-0.25, -0.2) is 4.98 Å². The molecule has 0 bridgehead atoms. The van der Waals surface area contributed by atoms with Crippen molar-refractivity contribution in [2.45, 2.75) is 20.0 Å². The van der Waals surface area contributed by atoms with Crippen molar-refractivity contribution in [2.75, 3.05) is 0 Å². The van der Waals surface area contributed by atoms with Crippen LogP contribution in [0.4, 0.5) is 0 Å². The molecule has 16 heavy (non-hydrogen) atoms. The lowest BCUT2D eigenvalue weighted by Crippen LogP contribution is -2.13. The van der Waals surface area contributed by atoms with Crippen LogP contribution in [0.1, 0.15) is 17.0 Å². The number of nitrogens with one attached hydrogen (secondary N) is 1. The van der Waals surface area contributed by atoms with Gasteiger partial charge >= 0.3 is 0 Å². The molecule has 1 N–H and O–H groups in total. The highest BCUT2D eigenvalue weighted by molar-refractivity contribution is 7.07. The van der Waals surface area contributed by atoms with Crippen molar-refractivity contribution in [2.24, 2.45) is 7.05 Å². The van der Waals surface area contributed by atoms with Crippen LogP contribution in [-0.2, 0) is 20.1 Å². The number of hydrogen-bond donors (Lipinski definition) is 1. The number of halogens is 1. The molecule has 4 nitrogen and oxygen atoms in total. The van der Waals surface area contributed by atoms with E-state index < -0.39 is 0 Å². The summed E-state index contributed by atoms with van der Waals surface area (Å²) in [6.45, 7) is 3.44. The van der Waals surface area contributed by atoms with Gasteiger partial charge in [-0.3, -0.25) is 4.68 Å². The first-order valence-electron chi connectivity index (χ1n) is 4.94. The molecule has 2 heterocycles. The summed E-state index contributed by atoms with van der Waals surface area (Å²) in [5.41, 5.74) is 4.92. The first-order valence-corrected chi connectivity index (χ1v) is 6.26. The van der Waals surface area contributed by atoms with Gasteiger partial charge in [0, 0.05) is 31.1 Å². The molecule has 0 unspecified atom stereocenters. The number of thiazole rings is 1. The number of aryl methyl sites for hydroxylation is 2. The largest absolute Gasteiger partial charge is 0.307 e. The van der Waals surface area contributed by atoms with Crippen LogP contribution in [0.25, 0.3) is 0 Å². The van der Waals surface area contributed by atoms with Gasteiger partial charge in [0.05, 0.1) is 16.9 Å². The SMILES string of the molecule is Cc1nn(C)c(Cl)c1CNCc1cscn1. The molecule has 0 saturated carbocycles. The number of rotatable bonds is 4. The third kappa shape index (κ3) is 2.42.